The fourth-order valence-corrected chi connectivity index (χ4v) is 3.31. The highest BCUT2D eigenvalue weighted by Crippen LogP contribution is 2.37. The Balaban J connectivity index is 1.80. The third kappa shape index (κ3) is 3.41. The number of allylic oxidation sites excluding steroid dienone is 2. The molecule has 29 heavy (non-hydrogen) atoms. The average molecular weight is 389 g/mol. The van der Waals surface area contributed by atoms with Crippen LogP contribution in [0.25, 0.3) is 10.9 Å². The summed E-state index contributed by atoms with van der Waals surface area (Å²) in [7, 11) is 0. The van der Waals surface area contributed by atoms with E-state index >= 15 is 0 Å². The number of hydrogen-bond donors (Lipinski definition) is 1. The number of hydrogen-bond acceptors (Lipinski definition) is 7. The van der Waals surface area contributed by atoms with E-state index in [1.165, 1.54) is 12.5 Å². The summed E-state index contributed by atoms with van der Waals surface area (Å²) in [5.41, 5.74) is 3.75. The third-order valence-electron chi connectivity index (χ3n) is 4.64. The number of nitrogens with zero attached hydrogens (tertiary/aromatic N) is 2. The highest BCUT2D eigenvalue weighted by Gasteiger charge is 2.25. The first-order valence-corrected chi connectivity index (χ1v) is 9.36. The van der Waals surface area contributed by atoms with E-state index in [-0.39, 0.29) is 5.97 Å². The molecular weight excluding hydrogens is 370 g/mol. The maximum atomic E-state index is 11.9. The monoisotopic (exact) mass is 389 g/mol. The van der Waals surface area contributed by atoms with Gasteiger partial charge in [0.25, 0.3) is 0 Å². The first-order chi connectivity index (χ1) is 14.1. The van der Waals surface area contributed by atoms with E-state index in [0.717, 1.165) is 11.0 Å². The van der Waals surface area contributed by atoms with Crippen LogP contribution in [-0.2, 0) is 9.53 Å². The van der Waals surface area contributed by atoms with E-state index in [1.807, 2.05) is 26.0 Å². The number of nitrogens with one attached hydrogen (secondary N) is 1. The normalized spacial score (nSPS) is 14.9. The van der Waals surface area contributed by atoms with E-state index in [2.05, 4.69) is 16.4 Å². The Morgan fingerprint density at radius 1 is 1.24 bits per heavy atom. The lowest BCUT2D eigenvalue weighted by Crippen LogP contribution is -2.08. The van der Waals surface area contributed by atoms with Crippen molar-refractivity contribution in [3.8, 4) is 17.6 Å². The maximum Gasteiger partial charge on any atom is 0.343 e. The zero-order valence-electron chi connectivity index (χ0n) is 16.1. The van der Waals surface area contributed by atoms with Crippen LogP contribution in [0, 0.1) is 11.3 Å². The van der Waals surface area contributed by atoms with Crippen LogP contribution >= 0.6 is 0 Å². The quantitative estimate of drug-likeness (QED) is 0.747. The van der Waals surface area contributed by atoms with Crippen molar-refractivity contribution in [3.05, 3.63) is 59.2 Å². The van der Waals surface area contributed by atoms with Gasteiger partial charge >= 0.3 is 5.97 Å². The number of aromatic nitrogens is 1. The van der Waals surface area contributed by atoms with Crippen molar-refractivity contribution >= 4 is 22.6 Å². The molecule has 0 saturated heterocycles. The molecule has 7 heteroatoms. The Kier molecular flexibility index (Phi) is 4.92. The molecule has 0 atom stereocenters. The summed E-state index contributed by atoms with van der Waals surface area (Å²) in [4.78, 5) is 16.3. The smallest absolute Gasteiger partial charge is 0.343 e. The van der Waals surface area contributed by atoms with Gasteiger partial charge in [-0.3, -0.25) is 4.98 Å². The van der Waals surface area contributed by atoms with Gasteiger partial charge in [-0.2, -0.15) is 5.26 Å². The molecule has 0 saturated carbocycles. The number of carbonyl (C=O) groups excluding carboxylic acids is 1. The van der Waals surface area contributed by atoms with E-state index in [9.17, 15) is 10.1 Å². The molecule has 2 aromatic rings. The van der Waals surface area contributed by atoms with Crippen molar-refractivity contribution in [2.75, 3.05) is 18.5 Å². The number of pyridine rings is 1. The Hall–Kier alpha value is -3.79. The fourth-order valence-electron chi connectivity index (χ4n) is 3.31. The van der Waals surface area contributed by atoms with Gasteiger partial charge in [0.1, 0.15) is 6.07 Å². The summed E-state index contributed by atoms with van der Waals surface area (Å²) in [6.07, 6.45) is 7.25. The predicted molar refractivity (Wildman–Crippen MR) is 107 cm³/mol. The molecule has 4 rings (SSSR count). The first kappa shape index (κ1) is 18.6. The Morgan fingerprint density at radius 3 is 2.72 bits per heavy atom. The van der Waals surface area contributed by atoms with Crippen LogP contribution in [0.1, 0.15) is 25.8 Å². The molecular formula is C22H19N3O4. The first-order valence-electron chi connectivity index (χ1n) is 9.36. The molecule has 1 aliphatic heterocycles. The number of carbonyl (C=O) groups is 1. The molecule has 1 N–H and O–H groups in total. The number of cyclic esters (lactones) is 1. The molecule has 2 aliphatic rings. The number of esters is 1. The number of nitriles is 1. The van der Waals surface area contributed by atoms with Gasteiger partial charge < -0.3 is 19.5 Å². The van der Waals surface area contributed by atoms with Crippen molar-refractivity contribution in [1.29, 1.82) is 5.26 Å². The molecule has 0 unspecified atom stereocenters. The summed E-state index contributed by atoms with van der Waals surface area (Å²) < 4.78 is 16.4. The van der Waals surface area contributed by atoms with E-state index < -0.39 is 0 Å². The molecule has 0 fully saturated rings. The molecule has 7 nitrogen and oxygen atoms in total. The summed E-state index contributed by atoms with van der Waals surface area (Å²) in [6, 6.07) is 5.81. The molecule has 0 amide bonds. The van der Waals surface area contributed by atoms with Crippen LogP contribution < -0.4 is 14.8 Å². The van der Waals surface area contributed by atoms with Gasteiger partial charge in [0.2, 0.25) is 0 Å². The second-order valence-corrected chi connectivity index (χ2v) is 6.44. The second-order valence-electron chi connectivity index (χ2n) is 6.44. The van der Waals surface area contributed by atoms with Crippen molar-refractivity contribution in [2.45, 2.75) is 20.3 Å². The zero-order valence-corrected chi connectivity index (χ0v) is 16.1. The van der Waals surface area contributed by atoms with E-state index in [4.69, 9.17) is 14.2 Å². The SMILES string of the molecule is CCOc1cc2ncc(C#N)c(NC3=CCC4=COC(=O)C4=C3)c2cc1OCC. The Morgan fingerprint density at radius 2 is 2.00 bits per heavy atom. The minimum Gasteiger partial charge on any atom is -0.490 e. The number of rotatable bonds is 6. The minimum atomic E-state index is -0.368. The van der Waals surface area contributed by atoms with Gasteiger partial charge in [-0.05, 0) is 32.4 Å². The zero-order chi connectivity index (χ0) is 20.4. The molecule has 0 radical (unpaired) electrons. The largest absolute Gasteiger partial charge is 0.490 e. The lowest BCUT2D eigenvalue weighted by Gasteiger charge is -2.17. The second kappa shape index (κ2) is 7.68. The summed E-state index contributed by atoms with van der Waals surface area (Å²) in [5.74, 6) is 0.822. The van der Waals surface area contributed by atoms with E-state index in [1.54, 1.807) is 12.1 Å². The summed E-state index contributed by atoms with van der Waals surface area (Å²) >= 11 is 0. The van der Waals surface area contributed by atoms with Gasteiger partial charge in [-0.1, -0.05) is 6.08 Å². The van der Waals surface area contributed by atoms with Gasteiger partial charge in [0, 0.05) is 28.9 Å². The van der Waals surface area contributed by atoms with Crippen LogP contribution in [0.3, 0.4) is 0 Å². The van der Waals surface area contributed by atoms with Crippen molar-refractivity contribution in [1.82, 2.24) is 4.98 Å². The molecule has 0 spiro atoms. The van der Waals surface area contributed by atoms with Crippen LogP contribution in [0.5, 0.6) is 11.5 Å². The lowest BCUT2D eigenvalue weighted by molar-refractivity contribution is -0.132. The lowest BCUT2D eigenvalue weighted by atomic mass is 9.98. The van der Waals surface area contributed by atoms with E-state index in [0.29, 0.717) is 59.2 Å². The van der Waals surface area contributed by atoms with Gasteiger partial charge in [-0.15, -0.1) is 0 Å². The molecule has 1 aromatic carbocycles. The third-order valence-corrected chi connectivity index (χ3v) is 4.64. The van der Waals surface area contributed by atoms with Crippen LogP contribution in [0.15, 0.2) is 53.6 Å². The average Bonchev–Trinajstić information content (AvgIpc) is 3.10. The predicted octanol–water partition coefficient (Wildman–Crippen LogP) is 3.97. The highest BCUT2D eigenvalue weighted by molar-refractivity contribution is 5.99. The topological polar surface area (TPSA) is 93.5 Å². The van der Waals surface area contributed by atoms with Crippen molar-refractivity contribution in [2.24, 2.45) is 0 Å². The van der Waals surface area contributed by atoms with Crippen molar-refractivity contribution < 1.29 is 19.0 Å². The number of benzene rings is 1. The Bertz CT molecular complexity index is 1140. The van der Waals surface area contributed by atoms with Gasteiger partial charge in [0.05, 0.1) is 41.8 Å². The number of fused-ring (bicyclic) bond motifs is 2. The van der Waals surface area contributed by atoms with Gasteiger partial charge in [0.15, 0.2) is 11.5 Å². The fraction of sp³-hybridized carbons (Fsp3) is 0.227. The Labute approximate surface area is 167 Å². The number of ether oxygens (including phenoxy) is 3. The summed E-state index contributed by atoms with van der Waals surface area (Å²) in [5, 5.41) is 13.6. The van der Waals surface area contributed by atoms with Crippen molar-refractivity contribution in [3.63, 3.8) is 0 Å². The summed E-state index contributed by atoms with van der Waals surface area (Å²) in [6.45, 7) is 4.78. The van der Waals surface area contributed by atoms with Crippen LogP contribution in [-0.4, -0.2) is 24.2 Å². The minimum absolute atomic E-state index is 0.368. The molecule has 146 valence electrons. The maximum absolute atomic E-state index is 11.9. The number of anilines is 1. The molecule has 1 aromatic heterocycles. The molecule has 2 heterocycles. The van der Waals surface area contributed by atoms with Crippen LogP contribution in [0.4, 0.5) is 5.69 Å². The van der Waals surface area contributed by atoms with Crippen LogP contribution in [0.2, 0.25) is 0 Å². The highest BCUT2D eigenvalue weighted by atomic mass is 16.5. The van der Waals surface area contributed by atoms with Gasteiger partial charge in [-0.25, -0.2) is 4.79 Å². The molecule has 1 aliphatic carbocycles. The standard InChI is InChI=1S/C22H19N3O4/c1-3-27-19-8-17-18(9-20(19)28-4-2)24-11-14(10-23)21(17)25-15-6-5-13-12-29-22(26)16(13)7-15/h6-9,11-12H,3-5H2,1-2H3,(H,24,25). The molecule has 0 bridgehead atoms.